The summed E-state index contributed by atoms with van der Waals surface area (Å²) in [6, 6.07) is 0. The molecular weight excluding hydrogens is 298 g/mol. The predicted octanol–water partition coefficient (Wildman–Crippen LogP) is 1.83. The van der Waals surface area contributed by atoms with E-state index in [1.54, 1.807) is 11.8 Å². The van der Waals surface area contributed by atoms with E-state index in [2.05, 4.69) is 10.4 Å². The van der Waals surface area contributed by atoms with Crippen molar-refractivity contribution in [1.29, 1.82) is 0 Å². The van der Waals surface area contributed by atoms with Gasteiger partial charge in [0.25, 0.3) is 5.56 Å². The van der Waals surface area contributed by atoms with Crippen LogP contribution in [0.1, 0.15) is 19.3 Å². The van der Waals surface area contributed by atoms with Crippen LogP contribution in [0, 0.1) is 5.92 Å². The van der Waals surface area contributed by atoms with Crippen molar-refractivity contribution in [1.82, 2.24) is 9.78 Å². The van der Waals surface area contributed by atoms with Crippen molar-refractivity contribution in [3.8, 4) is 0 Å². The Balaban J connectivity index is 1.87. The first-order chi connectivity index (χ1) is 9.72. The first-order valence-electron chi connectivity index (χ1n) is 6.90. The normalized spacial score (nSPS) is 14.5. The lowest BCUT2D eigenvalue weighted by Gasteiger charge is -2.10. The van der Waals surface area contributed by atoms with Gasteiger partial charge in [-0.25, -0.2) is 4.68 Å². The number of rotatable bonds is 9. The molecule has 0 saturated heterocycles. The Morgan fingerprint density at radius 3 is 3.00 bits per heavy atom. The number of aliphatic hydroxyl groups excluding tert-OH is 1. The quantitative estimate of drug-likeness (QED) is 0.680. The number of nitrogens with zero attached hydrogens (tertiary/aromatic N) is 2. The molecule has 0 aliphatic heterocycles. The molecule has 1 aliphatic rings. The molecule has 0 unspecified atom stereocenters. The first-order valence-corrected chi connectivity index (χ1v) is 8.43. The van der Waals surface area contributed by atoms with E-state index in [1.165, 1.54) is 23.7 Å². The van der Waals surface area contributed by atoms with Crippen LogP contribution in [0.15, 0.2) is 11.0 Å². The number of nitrogens with one attached hydrogen (secondary N) is 1. The van der Waals surface area contributed by atoms with Crippen LogP contribution in [-0.2, 0) is 6.54 Å². The summed E-state index contributed by atoms with van der Waals surface area (Å²) < 4.78 is 1.50. The van der Waals surface area contributed by atoms with Gasteiger partial charge in [0.05, 0.1) is 11.2 Å². The van der Waals surface area contributed by atoms with Gasteiger partial charge in [-0.05, 0) is 30.9 Å². The average molecular weight is 318 g/mol. The average Bonchev–Trinajstić information content (AvgIpc) is 3.24. The number of halogens is 1. The maximum Gasteiger partial charge on any atom is 0.291 e. The second-order valence-electron chi connectivity index (χ2n) is 4.91. The minimum Gasteiger partial charge on any atom is -0.396 e. The lowest BCUT2D eigenvalue weighted by molar-refractivity contribution is 0.296. The van der Waals surface area contributed by atoms with Crippen molar-refractivity contribution in [2.45, 2.75) is 25.8 Å². The van der Waals surface area contributed by atoms with Crippen LogP contribution in [-0.4, -0.2) is 39.5 Å². The van der Waals surface area contributed by atoms with E-state index in [9.17, 15) is 4.79 Å². The SMILES string of the molecule is O=c1c(NCCSCCCO)c(Cl)cnn1CC1CC1. The van der Waals surface area contributed by atoms with E-state index >= 15 is 0 Å². The van der Waals surface area contributed by atoms with Gasteiger partial charge < -0.3 is 10.4 Å². The number of aliphatic hydroxyl groups is 1. The largest absolute Gasteiger partial charge is 0.396 e. The van der Waals surface area contributed by atoms with E-state index in [4.69, 9.17) is 16.7 Å². The van der Waals surface area contributed by atoms with Gasteiger partial charge in [-0.3, -0.25) is 4.79 Å². The lowest BCUT2D eigenvalue weighted by Crippen LogP contribution is -2.27. The Labute approximate surface area is 127 Å². The summed E-state index contributed by atoms with van der Waals surface area (Å²) in [4.78, 5) is 12.2. The Morgan fingerprint density at radius 2 is 2.30 bits per heavy atom. The van der Waals surface area contributed by atoms with Crippen LogP contribution in [0.2, 0.25) is 5.02 Å². The summed E-state index contributed by atoms with van der Waals surface area (Å²) in [5.41, 5.74) is 0.315. The topological polar surface area (TPSA) is 67.2 Å². The maximum atomic E-state index is 12.2. The van der Waals surface area contributed by atoms with E-state index in [0.717, 1.165) is 17.9 Å². The van der Waals surface area contributed by atoms with Gasteiger partial charge >= 0.3 is 0 Å². The second kappa shape index (κ2) is 7.90. The predicted molar refractivity (Wildman–Crippen MR) is 83.7 cm³/mol. The molecule has 20 heavy (non-hydrogen) atoms. The first kappa shape index (κ1) is 15.7. The van der Waals surface area contributed by atoms with Crippen molar-refractivity contribution in [2.75, 3.05) is 30.0 Å². The van der Waals surface area contributed by atoms with Crippen LogP contribution >= 0.6 is 23.4 Å². The Bertz CT molecular complexity index is 491. The van der Waals surface area contributed by atoms with Gasteiger partial charge in [-0.15, -0.1) is 0 Å². The zero-order chi connectivity index (χ0) is 14.4. The molecule has 1 saturated carbocycles. The van der Waals surface area contributed by atoms with Crippen LogP contribution in [0.3, 0.4) is 0 Å². The van der Waals surface area contributed by atoms with E-state index < -0.39 is 0 Å². The van der Waals surface area contributed by atoms with E-state index in [-0.39, 0.29) is 12.2 Å². The number of anilines is 1. The molecule has 0 atom stereocenters. The van der Waals surface area contributed by atoms with Crippen LogP contribution in [0.25, 0.3) is 0 Å². The van der Waals surface area contributed by atoms with Crippen LogP contribution < -0.4 is 10.9 Å². The Kier molecular flexibility index (Phi) is 6.19. The maximum absolute atomic E-state index is 12.2. The zero-order valence-electron chi connectivity index (χ0n) is 11.3. The molecule has 0 amide bonds. The molecule has 0 radical (unpaired) electrons. The third-order valence-corrected chi connectivity index (χ3v) is 4.48. The third kappa shape index (κ3) is 4.68. The Morgan fingerprint density at radius 1 is 1.50 bits per heavy atom. The van der Waals surface area contributed by atoms with Crippen molar-refractivity contribution in [3.05, 3.63) is 21.6 Å². The molecule has 0 bridgehead atoms. The molecule has 7 heteroatoms. The molecule has 2 N–H and O–H groups in total. The smallest absolute Gasteiger partial charge is 0.291 e. The Hall–Kier alpha value is -0.720. The fraction of sp³-hybridized carbons (Fsp3) is 0.692. The minimum atomic E-state index is -0.134. The molecule has 0 aromatic carbocycles. The highest BCUT2D eigenvalue weighted by atomic mass is 35.5. The highest BCUT2D eigenvalue weighted by Crippen LogP contribution is 2.30. The van der Waals surface area contributed by atoms with Crippen molar-refractivity contribution >= 4 is 29.1 Å². The molecule has 0 spiro atoms. The van der Waals surface area contributed by atoms with Gasteiger partial charge in [0.1, 0.15) is 5.69 Å². The second-order valence-corrected chi connectivity index (χ2v) is 6.55. The van der Waals surface area contributed by atoms with E-state index in [1.807, 2.05) is 0 Å². The molecule has 1 aromatic rings. The molecular formula is C13H20ClN3O2S. The van der Waals surface area contributed by atoms with Gasteiger partial charge in [-0.1, -0.05) is 11.6 Å². The summed E-state index contributed by atoms with van der Waals surface area (Å²) in [7, 11) is 0. The minimum absolute atomic E-state index is 0.134. The lowest BCUT2D eigenvalue weighted by atomic mass is 10.4. The van der Waals surface area contributed by atoms with Gasteiger partial charge in [0.15, 0.2) is 0 Å². The molecule has 2 rings (SSSR count). The third-order valence-electron chi connectivity index (χ3n) is 3.12. The summed E-state index contributed by atoms with van der Waals surface area (Å²) >= 11 is 7.78. The zero-order valence-corrected chi connectivity index (χ0v) is 12.9. The van der Waals surface area contributed by atoms with Crippen LogP contribution in [0.5, 0.6) is 0 Å². The fourth-order valence-electron chi connectivity index (χ4n) is 1.82. The summed E-state index contributed by atoms with van der Waals surface area (Å²) in [5, 5.41) is 16.3. The highest BCUT2D eigenvalue weighted by molar-refractivity contribution is 7.99. The number of hydrogen-bond donors (Lipinski definition) is 2. The highest BCUT2D eigenvalue weighted by Gasteiger charge is 2.23. The molecule has 1 aliphatic carbocycles. The molecule has 112 valence electrons. The summed E-state index contributed by atoms with van der Waals surface area (Å²) in [5.74, 6) is 2.40. The van der Waals surface area contributed by atoms with Crippen molar-refractivity contribution in [3.63, 3.8) is 0 Å². The number of aromatic nitrogens is 2. The van der Waals surface area contributed by atoms with Gasteiger partial charge in [0, 0.05) is 25.4 Å². The summed E-state index contributed by atoms with van der Waals surface area (Å²) in [6.45, 7) is 1.59. The van der Waals surface area contributed by atoms with Crippen LogP contribution in [0.4, 0.5) is 5.69 Å². The number of thioether (sulfide) groups is 1. The molecule has 1 aromatic heterocycles. The van der Waals surface area contributed by atoms with Gasteiger partial charge in [0.2, 0.25) is 0 Å². The monoisotopic (exact) mass is 317 g/mol. The molecule has 1 fully saturated rings. The number of hydrogen-bond acceptors (Lipinski definition) is 5. The van der Waals surface area contributed by atoms with Gasteiger partial charge in [-0.2, -0.15) is 16.9 Å². The fourth-order valence-corrected chi connectivity index (χ4v) is 2.80. The standard InChI is InChI=1S/C13H20ClN3O2S/c14-11-8-16-17(9-10-2-3-10)13(19)12(11)15-4-7-20-6-1-5-18/h8,10,15,18H,1-7,9H2. The summed E-state index contributed by atoms with van der Waals surface area (Å²) in [6.07, 6.45) is 4.70. The van der Waals surface area contributed by atoms with Crippen molar-refractivity contribution < 1.29 is 5.11 Å². The molecule has 1 heterocycles. The van der Waals surface area contributed by atoms with Crippen molar-refractivity contribution in [2.24, 2.45) is 5.92 Å². The van der Waals surface area contributed by atoms with E-state index in [0.29, 0.717) is 29.7 Å². The molecule has 5 nitrogen and oxygen atoms in total.